The molecule has 21 heavy (non-hydrogen) atoms. The van der Waals surface area contributed by atoms with Crippen LogP contribution < -0.4 is 0 Å². The number of carbonyl (C=O) groups is 1. The maximum atomic E-state index is 12.5. The van der Waals surface area contributed by atoms with Gasteiger partial charge in [-0.25, -0.2) is 0 Å². The van der Waals surface area contributed by atoms with E-state index in [0.29, 0.717) is 24.7 Å². The third-order valence-electron chi connectivity index (χ3n) is 3.83. The Bertz CT molecular complexity index is 673. The van der Waals surface area contributed by atoms with Gasteiger partial charge in [-0.2, -0.15) is 0 Å². The second-order valence-electron chi connectivity index (χ2n) is 5.73. The summed E-state index contributed by atoms with van der Waals surface area (Å²) in [4.78, 5) is 14.3. The number of carbonyl (C=O) groups excluding carboxylic acids is 1. The molecular weight excluding hydrogens is 270 g/mol. The molecule has 3 rings (SSSR count). The fourth-order valence-electron chi connectivity index (χ4n) is 2.72. The van der Waals surface area contributed by atoms with Gasteiger partial charge in [-0.15, -0.1) is 10.2 Å². The van der Waals surface area contributed by atoms with Crippen molar-refractivity contribution in [2.45, 2.75) is 46.2 Å². The van der Waals surface area contributed by atoms with Gasteiger partial charge in [-0.1, -0.05) is 19.0 Å². The number of amides is 1. The second kappa shape index (κ2) is 4.98. The van der Waals surface area contributed by atoms with E-state index in [4.69, 9.17) is 4.52 Å². The predicted molar refractivity (Wildman–Crippen MR) is 74.8 cm³/mol. The summed E-state index contributed by atoms with van der Waals surface area (Å²) in [5, 5.41) is 12.3. The number of aromatic nitrogens is 4. The molecule has 0 fully saturated rings. The molecule has 0 N–H and O–H groups in total. The molecule has 7 nitrogen and oxygen atoms in total. The highest BCUT2D eigenvalue weighted by Crippen LogP contribution is 2.28. The zero-order chi connectivity index (χ0) is 15.1. The minimum absolute atomic E-state index is 0.128. The van der Waals surface area contributed by atoms with Crippen molar-refractivity contribution in [2.75, 3.05) is 6.54 Å². The molecule has 1 aliphatic rings. The largest absolute Gasteiger partial charge is 0.351 e. The van der Waals surface area contributed by atoms with Gasteiger partial charge in [0.1, 0.15) is 5.82 Å². The number of rotatable bonds is 2. The van der Waals surface area contributed by atoms with Crippen molar-refractivity contribution in [3.05, 3.63) is 29.2 Å². The van der Waals surface area contributed by atoms with Crippen molar-refractivity contribution in [2.24, 2.45) is 0 Å². The molecule has 1 aliphatic heterocycles. The Morgan fingerprint density at radius 2 is 2.14 bits per heavy atom. The maximum Gasteiger partial charge on any atom is 0.293 e. The topological polar surface area (TPSA) is 77.0 Å². The van der Waals surface area contributed by atoms with Crippen molar-refractivity contribution in [3.8, 4) is 0 Å². The normalized spacial score (nSPS) is 18.1. The number of hydrogen-bond donors (Lipinski definition) is 0. The SMILES string of the molecule is Cc1cc(C(=O)N2CCn3c(C(C)C)nnc3C2C)on1. The highest BCUT2D eigenvalue weighted by atomic mass is 16.5. The van der Waals surface area contributed by atoms with Gasteiger partial charge < -0.3 is 14.0 Å². The Morgan fingerprint density at radius 3 is 2.76 bits per heavy atom. The molecule has 112 valence electrons. The zero-order valence-electron chi connectivity index (χ0n) is 12.7. The number of nitrogens with zero attached hydrogens (tertiary/aromatic N) is 5. The molecule has 7 heteroatoms. The summed E-state index contributed by atoms with van der Waals surface area (Å²) >= 11 is 0. The highest BCUT2D eigenvalue weighted by molar-refractivity contribution is 5.91. The lowest BCUT2D eigenvalue weighted by atomic mass is 10.1. The molecule has 0 spiro atoms. The fourth-order valence-corrected chi connectivity index (χ4v) is 2.72. The smallest absolute Gasteiger partial charge is 0.293 e. The standard InChI is InChI=1S/C14H19N5O2/c1-8(2)12-15-16-13-10(4)18(5-6-19(12)13)14(20)11-7-9(3)17-21-11/h7-8,10H,5-6H2,1-4H3. The van der Waals surface area contributed by atoms with E-state index in [1.54, 1.807) is 17.9 Å². The molecule has 2 aromatic rings. The minimum atomic E-state index is -0.150. The summed E-state index contributed by atoms with van der Waals surface area (Å²) < 4.78 is 7.19. The molecule has 1 unspecified atom stereocenters. The van der Waals surface area contributed by atoms with E-state index >= 15 is 0 Å². The monoisotopic (exact) mass is 289 g/mol. The van der Waals surface area contributed by atoms with Crippen LogP contribution in [0.5, 0.6) is 0 Å². The minimum Gasteiger partial charge on any atom is -0.351 e. The van der Waals surface area contributed by atoms with Crippen molar-refractivity contribution >= 4 is 5.91 Å². The second-order valence-corrected chi connectivity index (χ2v) is 5.73. The molecule has 0 saturated carbocycles. The Balaban J connectivity index is 1.89. The zero-order valence-corrected chi connectivity index (χ0v) is 12.7. The van der Waals surface area contributed by atoms with Gasteiger partial charge >= 0.3 is 0 Å². The quantitative estimate of drug-likeness (QED) is 0.844. The summed E-state index contributed by atoms with van der Waals surface area (Å²) in [6.45, 7) is 9.27. The molecule has 0 aromatic carbocycles. The van der Waals surface area contributed by atoms with Crippen LogP contribution in [-0.4, -0.2) is 37.3 Å². The number of hydrogen-bond acceptors (Lipinski definition) is 5. The predicted octanol–water partition coefficient (Wildman–Crippen LogP) is 1.91. The lowest BCUT2D eigenvalue weighted by molar-refractivity contribution is 0.0593. The Kier molecular flexibility index (Phi) is 3.27. The third kappa shape index (κ3) is 2.22. The van der Waals surface area contributed by atoms with Gasteiger partial charge in [0.2, 0.25) is 5.76 Å². The van der Waals surface area contributed by atoms with Crippen LogP contribution in [0.1, 0.15) is 60.6 Å². The average molecular weight is 289 g/mol. The van der Waals surface area contributed by atoms with E-state index in [0.717, 1.165) is 11.6 Å². The summed E-state index contributed by atoms with van der Waals surface area (Å²) in [5.41, 5.74) is 0.702. The molecular formula is C14H19N5O2. The van der Waals surface area contributed by atoms with Crippen LogP contribution >= 0.6 is 0 Å². The van der Waals surface area contributed by atoms with Gasteiger partial charge in [-0.05, 0) is 13.8 Å². The van der Waals surface area contributed by atoms with Crippen molar-refractivity contribution in [1.29, 1.82) is 0 Å². The van der Waals surface area contributed by atoms with Gasteiger partial charge in [0.15, 0.2) is 5.82 Å². The first-order valence-corrected chi connectivity index (χ1v) is 7.16. The first-order chi connectivity index (χ1) is 9.99. The van der Waals surface area contributed by atoms with E-state index < -0.39 is 0 Å². The molecule has 3 heterocycles. The molecule has 0 saturated heterocycles. The Hall–Kier alpha value is -2.18. The Labute approximate surface area is 122 Å². The summed E-state index contributed by atoms with van der Waals surface area (Å²) in [5.74, 6) is 2.24. The van der Waals surface area contributed by atoms with E-state index in [1.165, 1.54) is 0 Å². The van der Waals surface area contributed by atoms with Crippen LogP contribution in [0.4, 0.5) is 0 Å². The van der Waals surface area contributed by atoms with Crippen LogP contribution in [-0.2, 0) is 6.54 Å². The maximum absolute atomic E-state index is 12.5. The van der Waals surface area contributed by atoms with Crippen LogP contribution in [0.25, 0.3) is 0 Å². The third-order valence-corrected chi connectivity index (χ3v) is 3.83. The van der Waals surface area contributed by atoms with Crippen molar-refractivity contribution < 1.29 is 9.32 Å². The van der Waals surface area contributed by atoms with Crippen LogP contribution in [0.15, 0.2) is 10.6 Å². The average Bonchev–Trinajstić information content (AvgIpc) is 3.05. The van der Waals surface area contributed by atoms with Gasteiger partial charge in [0.25, 0.3) is 5.91 Å². The summed E-state index contributed by atoms with van der Waals surface area (Å²) in [7, 11) is 0. The van der Waals surface area contributed by atoms with Gasteiger partial charge in [-0.3, -0.25) is 4.79 Å². The van der Waals surface area contributed by atoms with E-state index in [-0.39, 0.29) is 17.7 Å². The highest BCUT2D eigenvalue weighted by Gasteiger charge is 2.33. The lowest BCUT2D eigenvalue weighted by Gasteiger charge is -2.33. The van der Waals surface area contributed by atoms with Crippen LogP contribution in [0.3, 0.4) is 0 Å². The lowest BCUT2D eigenvalue weighted by Crippen LogP contribution is -2.41. The molecule has 0 bridgehead atoms. The molecule has 0 radical (unpaired) electrons. The van der Waals surface area contributed by atoms with Gasteiger partial charge in [0, 0.05) is 25.1 Å². The molecule has 1 amide bonds. The number of fused-ring (bicyclic) bond motifs is 1. The molecule has 1 atom stereocenters. The molecule has 2 aromatic heterocycles. The number of aryl methyl sites for hydroxylation is 1. The van der Waals surface area contributed by atoms with E-state index in [1.807, 2.05) is 6.92 Å². The summed E-state index contributed by atoms with van der Waals surface area (Å²) in [6, 6.07) is 1.53. The van der Waals surface area contributed by atoms with E-state index in [9.17, 15) is 4.79 Å². The molecule has 0 aliphatic carbocycles. The van der Waals surface area contributed by atoms with Crippen molar-refractivity contribution in [3.63, 3.8) is 0 Å². The van der Waals surface area contributed by atoms with Crippen LogP contribution in [0.2, 0.25) is 0 Å². The van der Waals surface area contributed by atoms with E-state index in [2.05, 4.69) is 33.8 Å². The van der Waals surface area contributed by atoms with Gasteiger partial charge in [0.05, 0.1) is 11.7 Å². The fraction of sp³-hybridized carbons (Fsp3) is 0.571. The van der Waals surface area contributed by atoms with Crippen LogP contribution in [0, 0.1) is 6.92 Å². The summed E-state index contributed by atoms with van der Waals surface area (Å²) in [6.07, 6.45) is 0. The first-order valence-electron chi connectivity index (χ1n) is 7.16. The first kappa shape index (κ1) is 13.8. The van der Waals surface area contributed by atoms with Crippen molar-refractivity contribution in [1.82, 2.24) is 24.8 Å². The Morgan fingerprint density at radius 1 is 1.38 bits per heavy atom.